The predicted octanol–water partition coefficient (Wildman–Crippen LogP) is 4.17. The van der Waals surface area contributed by atoms with Crippen molar-refractivity contribution in [1.82, 2.24) is 19.8 Å². The van der Waals surface area contributed by atoms with Crippen molar-refractivity contribution in [3.8, 4) is 5.75 Å². The number of hydrogen-bond acceptors (Lipinski definition) is 3. The molecule has 1 aromatic heterocycles. The highest BCUT2D eigenvalue weighted by atomic mass is 127. The molecule has 1 saturated heterocycles. The van der Waals surface area contributed by atoms with Gasteiger partial charge in [0.2, 0.25) is 0 Å². The first-order chi connectivity index (χ1) is 14.8. The first-order valence-electron chi connectivity index (χ1n) is 10.5. The molecule has 31 heavy (non-hydrogen) atoms. The highest BCUT2D eigenvalue weighted by Gasteiger charge is 2.22. The lowest BCUT2D eigenvalue weighted by Crippen LogP contribution is -2.47. The number of halogens is 1. The summed E-state index contributed by atoms with van der Waals surface area (Å²) in [5.74, 6) is 1.91. The Morgan fingerprint density at radius 2 is 1.77 bits per heavy atom. The van der Waals surface area contributed by atoms with E-state index in [1.165, 1.54) is 11.1 Å². The molecule has 0 unspecified atom stereocenters. The van der Waals surface area contributed by atoms with Crippen LogP contribution in [0.2, 0.25) is 0 Å². The third-order valence-electron chi connectivity index (χ3n) is 5.40. The maximum absolute atomic E-state index is 6.10. The Hall–Kier alpha value is -2.55. The maximum atomic E-state index is 6.10. The van der Waals surface area contributed by atoms with Crippen molar-refractivity contribution in [2.24, 2.45) is 4.99 Å². The lowest BCUT2D eigenvalue weighted by Gasteiger charge is -2.34. The summed E-state index contributed by atoms with van der Waals surface area (Å²) in [5, 5.41) is 3.50. The molecule has 0 aliphatic carbocycles. The van der Waals surface area contributed by atoms with Gasteiger partial charge in [0.1, 0.15) is 11.9 Å². The van der Waals surface area contributed by atoms with Crippen LogP contribution in [-0.2, 0) is 13.1 Å². The van der Waals surface area contributed by atoms with Crippen molar-refractivity contribution in [2.45, 2.75) is 32.0 Å². The third-order valence-corrected chi connectivity index (χ3v) is 5.40. The van der Waals surface area contributed by atoms with Crippen molar-refractivity contribution in [1.29, 1.82) is 0 Å². The third kappa shape index (κ3) is 6.72. The number of hydrogen-bond donors (Lipinski definition) is 1. The molecule has 4 rings (SSSR count). The van der Waals surface area contributed by atoms with Gasteiger partial charge in [-0.15, -0.1) is 24.0 Å². The lowest BCUT2D eigenvalue weighted by molar-refractivity contribution is 0.129. The van der Waals surface area contributed by atoms with Crippen LogP contribution in [0.4, 0.5) is 0 Å². The average molecular weight is 531 g/mol. The standard InChI is InChI=1S/C24H29N5O.HI/c1-25-24(29-14-11-23(12-15-29)30-22-5-3-2-4-6-22)27-17-20-7-9-21(10-8-20)18-28-16-13-26-19-28;/h2-10,13,16,19,23H,11-12,14-15,17-18H2,1H3,(H,25,27);1H. The Kier molecular flexibility index (Phi) is 8.75. The number of aliphatic imine (C=N–C) groups is 1. The van der Waals surface area contributed by atoms with E-state index in [4.69, 9.17) is 4.74 Å². The summed E-state index contributed by atoms with van der Waals surface area (Å²) in [6.45, 7) is 3.50. The zero-order valence-corrected chi connectivity index (χ0v) is 20.2. The van der Waals surface area contributed by atoms with Crippen molar-refractivity contribution in [2.75, 3.05) is 20.1 Å². The maximum Gasteiger partial charge on any atom is 0.193 e. The van der Waals surface area contributed by atoms with Gasteiger partial charge in [-0.05, 0) is 23.3 Å². The summed E-state index contributed by atoms with van der Waals surface area (Å²) >= 11 is 0. The Balaban J connectivity index is 0.00000272. The first kappa shape index (κ1) is 23.1. The number of nitrogens with zero attached hydrogens (tertiary/aromatic N) is 4. The van der Waals surface area contributed by atoms with Gasteiger partial charge in [-0.25, -0.2) is 4.98 Å². The SMILES string of the molecule is CN=C(NCc1ccc(Cn2ccnc2)cc1)N1CCC(Oc2ccccc2)CC1.I. The first-order valence-corrected chi connectivity index (χ1v) is 10.5. The molecule has 1 fully saturated rings. The molecule has 6 nitrogen and oxygen atoms in total. The van der Waals surface area contributed by atoms with E-state index in [-0.39, 0.29) is 30.1 Å². The van der Waals surface area contributed by atoms with Crippen molar-refractivity contribution < 1.29 is 4.74 Å². The minimum absolute atomic E-state index is 0. The summed E-state index contributed by atoms with van der Waals surface area (Å²) in [5.41, 5.74) is 2.51. The number of piperidine rings is 1. The molecular formula is C24H30IN5O. The molecule has 164 valence electrons. The van der Waals surface area contributed by atoms with E-state index in [2.05, 4.69) is 49.0 Å². The number of para-hydroxylation sites is 1. The van der Waals surface area contributed by atoms with E-state index >= 15 is 0 Å². The van der Waals surface area contributed by atoms with Gasteiger partial charge >= 0.3 is 0 Å². The number of imidazole rings is 1. The monoisotopic (exact) mass is 531 g/mol. The van der Waals surface area contributed by atoms with E-state index in [0.29, 0.717) is 0 Å². The van der Waals surface area contributed by atoms with Crippen molar-refractivity contribution in [3.05, 3.63) is 84.4 Å². The minimum Gasteiger partial charge on any atom is -0.490 e. The van der Waals surface area contributed by atoms with Gasteiger partial charge in [0.05, 0.1) is 6.33 Å². The Labute approximate surface area is 201 Å². The number of nitrogens with one attached hydrogen (secondary N) is 1. The van der Waals surface area contributed by atoms with Gasteiger partial charge in [-0.3, -0.25) is 4.99 Å². The molecule has 2 heterocycles. The van der Waals surface area contributed by atoms with Gasteiger partial charge in [-0.2, -0.15) is 0 Å². The normalized spacial score (nSPS) is 14.7. The summed E-state index contributed by atoms with van der Waals surface area (Å²) in [4.78, 5) is 10.9. The lowest BCUT2D eigenvalue weighted by atomic mass is 10.1. The number of likely N-dealkylation sites (tertiary alicyclic amines) is 1. The van der Waals surface area contributed by atoms with E-state index < -0.39 is 0 Å². The van der Waals surface area contributed by atoms with Crippen molar-refractivity contribution in [3.63, 3.8) is 0 Å². The van der Waals surface area contributed by atoms with Crippen LogP contribution in [0.3, 0.4) is 0 Å². The molecule has 0 saturated carbocycles. The Morgan fingerprint density at radius 1 is 1.06 bits per heavy atom. The number of guanidine groups is 1. The van der Waals surface area contributed by atoms with Crippen LogP contribution < -0.4 is 10.1 Å². The van der Waals surface area contributed by atoms with Gasteiger partial charge in [0.25, 0.3) is 0 Å². The second-order valence-electron chi connectivity index (χ2n) is 7.57. The Bertz CT molecular complexity index is 920. The molecule has 0 spiro atoms. The zero-order valence-electron chi connectivity index (χ0n) is 17.9. The number of benzene rings is 2. The van der Waals surface area contributed by atoms with Crippen LogP contribution in [0.15, 0.2) is 78.3 Å². The molecule has 0 amide bonds. The molecular weight excluding hydrogens is 501 g/mol. The van der Waals surface area contributed by atoms with E-state index in [0.717, 1.165) is 50.7 Å². The van der Waals surface area contributed by atoms with Crippen LogP contribution in [0.1, 0.15) is 24.0 Å². The largest absolute Gasteiger partial charge is 0.490 e. The highest BCUT2D eigenvalue weighted by molar-refractivity contribution is 14.0. The molecule has 1 N–H and O–H groups in total. The average Bonchev–Trinajstić information content (AvgIpc) is 3.30. The summed E-state index contributed by atoms with van der Waals surface area (Å²) in [7, 11) is 1.85. The predicted molar refractivity (Wildman–Crippen MR) is 135 cm³/mol. The van der Waals surface area contributed by atoms with Crippen LogP contribution >= 0.6 is 24.0 Å². The molecule has 0 atom stereocenters. The van der Waals surface area contributed by atoms with E-state index in [9.17, 15) is 0 Å². The zero-order chi connectivity index (χ0) is 20.6. The molecule has 2 aromatic carbocycles. The molecule has 7 heteroatoms. The van der Waals surface area contributed by atoms with Gasteiger partial charge in [-0.1, -0.05) is 42.5 Å². The fourth-order valence-corrected chi connectivity index (χ4v) is 3.74. The van der Waals surface area contributed by atoms with Crippen LogP contribution in [0.5, 0.6) is 5.75 Å². The van der Waals surface area contributed by atoms with Gasteiger partial charge in [0.15, 0.2) is 5.96 Å². The summed E-state index contributed by atoms with van der Waals surface area (Å²) in [6, 6.07) is 18.8. The molecule has 1 aliphatic rings. The van der Waals surface area contributed by atoms with Crippen LogP contribution in [0, 0.1) is 0 Å². The van der Waals surface area contributed by atoms with Gasteiger partial charge in [0, 0.05) is 58.5 Å². The second-order valence-corrected chi connectivity index (χ2v) is 7.57. The quantitative estimate of drug-likeness (QED) is 0.295. The van der Waals surface area contributed by atoms with E-state index in [1.807, 2.05) is 49.9 Å². The Morgan fingerprint density at radius 3 is 2.42 bits per heavy atom. The van der Waals surface area contributed by atoms with Crippen LogP contribution in [-0.4, -0.2) is 46.7 Å². The van der Waals surface area contributed by atoms with Crippen molar-refractivity contribution >= 4 is 29.9 Å². The molecule has 1 aliphatic heterocycles. The highest BCUT2D eigenvalue weighted by Crippen LogP contribution is 2.18. The van der Waals surface area contributed by atoms with E-state index in [1.54, 1.807) is 6.20 Å². The summed E-state index contributed by atoms with van der Waals surface area (Å²) in [6.07, 6.45) is 7.89. The summed E-state index contributed by atoms with van der Waals surface area (Å²) < 4.78 is 8.17. The smallest absolute Gasteiger partial charge is 0.193 e. The number of ether oxygens (including phenoxy) is 1. The fourth-order valence-electron chi connectivity index (χ4n) is 3.74. The molecule has 0 bridgehead atoms. The molecule has 3 aromatic rings. The topological polar surface area (TPSA) is 54.7 Å². The molecule has 0 radical (unpaired) electrons. The second kappa shape index (κ2) is 11.7. The minimum atomic E-state index is 0. The fraction of sp³-hybridized carbons (Fsp3) is 0.333. The number of aromatic nitrogens is 2. The van der Waals surface area contributed by atoms with Crippen LogP contribution in [0.25, 0.3) is 0 Å². The number of rotatable bonds is 6. The van der Waals surface area contributed by atoms with Gasteiger partial charge < -0.3 is 19.5 Å².